The molecule has 0 atom stereocenters. The third kappa shape index (κ3) is 2.03. The Morgan fingerprint density at radius 1 is 1.09 bits per heavy atom. The van der Waals surface area contributed by atoms with Gasteiger partial charge in [0.1, 0.15) is 5.82 Å². The number of hydrogen-bond donors (Lipinski definition) is 0. The Balaban J connectivity index is 2.23. The fraction of sp³-hybridized carbons (Fsp3) is 0.0526. The number of benzene rings is 2. The summed E-state index contributed by atoms with van der Waals surface area (Å²) in [6.07, 6.45) is 0.815. The Morgan fingerprint density at radius 3 is 2.61 bits per heavy atom. The molecule has 112 valence electrons. The van der Waals surface area contributed by atoms with E-state index in [-0.39, 0.29) is 5.82 Å². The van der Waals surface area contributed by atoms with Crippen molar-refractivity contribution in [1.82, 2.24) is 9.61 Å². The molecule has 0 aliphatic rings. The van der Waals surface area contributed by atoms with E-state index in [0.717, 1.165) is 28.3 Å². The van der Waals surface area contributed by atoms with Gasteiger partial charge >= 0.3 is 0 Å². The van der Waals surface area contributed by atoms with Crippen molar-refractivity contribution < 1.29 is 9.18 Å². The smallest absolute Gasteiger partial charge is 0.154 e. The Hall–Kier alpha value is -3.01. The molecule has 2 aromatic heterocycles. The SMILES string of the molecule is Cc1nn2c(-c3ccccc3)cc3cc(F)ccc3c2c1C=O. The van der Waals surface area contributed by atoms with Crippen molar-refractivity contribution in [3.63, 3.8) is 0 Å². The predicted molar refractivity (Wildman–Crippen MR) is 88.2 cm³/mol. The number of carbonyl (C=O) groups excluding carboxylic acids is 1. The lowest BCUT2D eigenvalue weighted by molar-refractivity contribution is 0.112. The summed E-state index contributed by atoms with van der Waals surface area (Å²) in [5.41, 5.74) is 3.71. The molecule has 0 saturated carbocycles. The minimum atomic E-state index is -0.301. The highest BCUT2D eigenvalue weighted by Crippen LogP contribution is 2.31. The standard InChI is InChI=1S/C19H13FN2O/c1-12-17(11-23)19-16-8-7-15(20)9-14(16)10-18(22(19)21-12)13-5-3-2-4-6-13/h2-11H,1H3. The number of aromatic nitrogens is 2. The van der Waals surface area contributed by atoms with Gasteiger partial charge in [-0.15, -0.1) is 0 Å². The summed E-state index contributed by atoms with van der Waals surface area (Å²) in [5, 5.41) is 6.09. The molecule has 0 bridgehead atoms. The summed E-state index contributed by atoms with van der Waals surface area (Å²) >= 11 is 0. The van der Waals surface area contributed by atoms with Crippen molar-refractivity contribution in [2.45, 2.75) is 6.92 Å². The summed E-state index contributed by atoms with van der Waals surface area (Å²) in [7, 11) is 0. The fourth-order valence-corrected chi connectivity index (χ4v) is 3.01. The van der Waals surface area contributed by atoms with Crippen LogP contribution in [0.15, 0.2) is 54.6 Å². The third-order valence-electron chi connectivity index (χ3n) is 4.08. The van der Waals surface area contributed by atoms with Crippen molar-refractivity contribution in [3.05, 3.63) is 71.7 Å². The number of hydrogen-bond acceptors (Lipinski definition) is 2. The van der Waals surface area contributed by atoms with Gasteiger partial charge in [-0.25, -0.2) is 8.91 Å². The summed E-state index contributed by atoms with van der Waals surface area (Å²) in [6.45, 7) is 1.81. The molecule has 0 amide bonds. The van der Waals surface area contributed by atoms with Gasteiger partial charge < -0.3 is 0 Å². The second-order valence-corrected chi connectivity index (χ2v) is 5.50. The number of fused-ring (bicyclic) bond motifs is 3. The largest absolute Gasteiger partial charge is 0.298 e. The topological polar surface area (TPSA) is 34.4 Å². The van der Waals surface area contributed by atoms with E-state index in [2.05, 4.69) is 5.10 Å². The van der Waals surface area contributed by atoms with Crippen LogP contribution in [0.2, 0.25) is 0 Å². The Kier molecular flexibility index (Phi) is 2.98. The highest BCUT2D eigenvalue weighted by atomic mass is 19.1. The maximum Gasteiger partial charge on any atom is 0.154 e. The molecule has 0 fully saturated rings. The molecule has 4 heteroatoms. The molecule has 2 aromatic carbocycles. The number of halogens is 1. The van der Waals surface area contributed by atoms with Crippen molar-refractivity contribution in [3.8, 4) is 11.3 Å². The van der Waals surface area contributed by atoms with Crippen LogP contribution in [-0.2, 0) is 0 Å². The van der Waals surface area contributed by atoms with Gasteiger partial charge in [0, 0.05) is 10.9 Å². The average molecular weight is 304 g/mol. The molecular formula is C19H13FN2O. The van der Waals surface area contributed by atoms with Crippen LogP contribution in [0, 0.1) is 12.7 Å². The second kappa shape index (κ2) is 5.02. The summed E-state index contributed by atoms with van der Waals surface area (Å²) in [4.78, 5) is 11.5. The molecule has 0 aliphatic carbocycles. The van der Waals surface area contributed by atoms with Crippen LogP contribution in [-0.4, -0.2) is 15.9 Å². The van der Waals surface area contributed by atoms with Crippen LogP contribution in [0.1, 0.15) is 16.1 Å². The molecule has 3 nitrogen and oxygen atoms in total. The lowest BCUT2D eigenvalue weighted by atomic mass is 10.0. The van der Waals surface area contributed by atoms with E-state index in [1.165, 1.54) is 12.1 Å². The monoisotopic (exact) mass is 304 g/mol. The van der Waals surface area contributed by atoms with Crippen LogP contribution < -0.4 is 0 Å². The van der Waals surface area contributed by atoms with Gasteiger partial charge in [-0.3, -0.25) is 4.79 Å². The molecule has 0 spiro atoms. The molecule has 4 aromatic rings. The van der Waals surface area contributed by atoms with Crippen molar-refractivity contribution >= 4 is 22.6 Å². The first-order chi connectivity index (χ1) is 11.2. The number of aryl methyl sites for hydroxylation is 1. The van der Waals surface area contributed by atoms with Gasteiger partial charge in [0.15, 0.2) is 6.29 Å². The Bertz CT molecular complexity index is 1050. The minimum Gasteiger partial charge on any atom is -0.298 e. The van der Waals surface area contributed by atoms with E-state index in [4.69, 9.17) is 0 Å². The molecular weight excluding hydrogens is 291 g/mol. The Morgan fingerprint density at radius 2 is 1.87 bits per heavy atom. The van der Waals surface area contributed by atoms with E-state index in [1.807, 2.05) is 36.4 Å². The van der Waals surface area contributed by atoms with E-state index in [9.17, 15) is 9.18 Å². The molecule has 0 radical (unpaired) electrons. The third-order valence-corrected chi connectivity index (χ3v) is 4.08. The molecule has 0 aliphatic heterocycles. The van der Waals surface area contributed by atoms with E-state index < -0.39 is 0 Å². The van der Waals surface area contributed by atoms with Gasteiger partial charge in [0.25, 0.3) is 0 Å². The van der Waals surface area contributed by atoms with Crippen LogP contribution in [0.4, 0.5) is 4.39 Å². The normalized spacial score (nSPS) is 11.2. The molecule has 0 unspecified atom stereocenters. The summed E-state index contributed by atoms with van der Waals surface area (Å²) in [6, 6.07) is 16.2. The first-order valence-electron chi connectivity index (χ1n) is 7.31. The maximum atomic E-state index is 13.7. The van der Waals surface area contributed by atoms with Crippen molar-refractivity contribution in [1.29, 1.82) is 0 Å². The lowest BCUT2D eigenvalue weighted by Crippen LogP contribution is -1.96. The molecule has 0 N–H and O–H groups in total. The number of carbonyl (C=O) groups is 1. The van der Waals surface area contributed by atoms with Crippen LogP contribution in [0.25, 0.3) is 27.5 Å². The van der Waals surface area contributed by atoms with Crippen LogP contribution in [0.5, 0.6) is 0 Å². The first-order valence-corrected chi connectivity index (χ1v) is 7.31. The zero-order valence-corrected chi connectivity index (χ0v) is 12.5. The number of aldehydes is 1. The zero-order chi connectivity index (χ0) is 16.0. The highest BCUT2D eigenvalue weighted by Gasteiger charge is 2.16. The number of rotatable bonds is 2. The van der Waals surface area contributed by atoms with E-state index in [0.29, 0.717) is 16.8 Å². The molecule has 23 heavy (non-hydrogen) atoms. The van der Waals surface area contributed by atoms with Gasteiger partial charge in [0.2, 0.25) is 0 Å². The number of pyridine rings is 1. The van der Waals surface area contributed by atoms with E-state index >= 15 is 0 Å². The maximum absolute atomic E-state index is 13.7. The quantitative estimate of drug-likeness (QED) is 0.514. The van der Waals surface area contributed by atoms with Crippen LogP contribution >= 0.6 is 0 Å². The second-order valence-electron chi connectivity index (χ2n) is 5.50. The number of nitrogens with zero attached hydrogens (tertiary/aromatic N) is 2. The van der Waals surface area contributed by atoms with Gasteiger partial charge in [-0.2, -0.15) is 5.10 Å². The molecule has 4 rings (SSSR count). The van der Waals surface area contributed by atoms with Gasteiger partial charge in [-0.05, 0) is 36.6 Å². The minimum absolute atomic E-state index is 0.301. The van der Waals surface area contributed by atoms with Crippen LogP contribution in [0.3, 0.4) is 0 Å². The molecule has 0 saturated heterocycles. The summed E-state index contributed by atoms with van der Waals surface area (Å²) < 4.78 is 15.4. The Labute approximate surface area is 132 Å². The highest BCUT2D eigenvalue weighted by molar-refractivity contribution is 6.05. The van der Waals surface area contributed by atoms with Gasteiger partial charge in [-0.1, -0.05) is 30.3 Å². The lowest BCUT2D eigenvalue weighted by Gasteiger charge is -2.09. The van der Waals surface area contributed by atoms with Gasteiger partial charge in [0.05, 0.1) is 22.5 Å². The first kappa shape index (κ1) is 13.6. The average Bonchev–Trinajstić information content (AvgIpc) is 2.90. The van der Waals surface area contributed by atoms with E-state index in [1.54, 1.807) is 17.5 Å². The van der Waals surface area contributed by atoms with Crippen molar-refractivity contribution in [2.75, 3.05) is 0 Å². The zero-order valence-electron chi connectivity index (χ0n) is 12.5. The predicted octanol–water partition coefficient (Wildman–Crippen LogP) is 4.41. The summed E-state index contributed by atoms with van der Waals surface area (Å²) in [5.74, 6) is -0.301. The fourth-order valence-electron chi connectivity index (χ4n) is 3.01. The molecule has 2 heterocycles. The van der Waals surface area contributed by atoms with Crippen molar-refractivity contribution in [2.24, 2.45) is 0 Å².